The predicted molar refractivity (Wildman–Crippen MR) is 124 cm³/mol. The van der Waals surface area contributed by atoms with Crippen LogP contribution in [0.25, 0.3) is 10.9 Å². The number of sulfonamides is 1. The zero-order chi connectivity index (χ0) is 24.5. The van der Waals surface area contributed by atoms with Crippen molar-refractivity contribution in [2.75, 3.05) is 18.9 Å². The van der Waals surface area contributed by atoms with E-state index in [9.17, 15) is 17.2 Å². The summed E-state index contributed by atoms with van der Waals surface area (Å²) in [6.45, 7) is 0. The monoisotopic (exact) mass is 506 g/mol. The molecule has 0 bridgehead atoms. The summed E-state index contributed by atoms with van der Waals surface area (Å²) in [7, 11) is -1.34. The number of fused-ring (bicyclic) bond motifs is 1. The van der Waals surface area contributed by atoms with Crippen molar-refractivity contribution in [1.29, 1.82) is 0 Å². The highest BCUT2D eigenvalue weighted by molar-refractivity contribution is 7.92. The van der Waals surface area contributed by atoms with Gasteiger partial charge in [0.25, 0.3) is 10.0 Å². The molecular formula is C23H17ClF2N2O5S. The van der Waals surface area contributed by atoms with Gasteiger partial charge in [-0.15, -0.1) is 0 Å². The first-order valence-electron chi connectivity index (χ1n) is 9.68. The van der Waals surface area contributed by atoms with Crippen molar-refractivity contribution in [3.63, 3.8) is 0 Å². The van der Waals surface area contributed by atoms with Crippen molar-refractivity contribution in [1.82, 2.24) is 4.98 Å². The smallest absolute Gasteiger partial charge is 0.264 e. The molecule has 0 spiro atoms. The van der Waals surface area contributed by atoms with Gasteiger partial charge in [0.1, 0.15) is 16.5 Å². The molecule has 11 heteroatoms. The van der Waals surface area contributed by atoms with Crippen LogP contribution in [0.15, 0.2) is 65.7 Å². The maximum atomic E-state index is 14.8. The number of pyridine rings is 1. The fourth-order valence-corrected chi connectivity index (χ4v) is 4.47. The number of nitrogens with zero attached hydrogens (tertiary/aromatic N) is 1. The number of methoxy groups -OCH3 is 2. The molecule has 1 heterocycles. The maximum Gasteiger partial charge on any atom is 0.264 e. The molecular weight excluding hydrogens is 490 g/mol. The lowest BCUT2D eigenvalue weighted by Gasteiger charge is -2.13. The van der Waals surface area contributed by atoms with Gasteiger partial charge in [0.15, 0.2) is 23.1 Å². The Balaban J connectivity index is 1.63. The number of nitrogens with one attached hydrogen (secondary N) is 1. The average Bonchev–Trinajstić information content (AvgIpc) is 2.79. The molecule has 0 aliphatic carbocycles. The van der Waals surface area contributed by atoms with Gasteiger partial charge >= 0.3 is 0 Å². The lowest BCUT2D eigenvalue weighted by Crippen LogP contribution is -2.14. The summed E-state index contributed by atoms with van der Waals surface area (Å²) in [5.41, 5.74) is 0.412. The summed E-state index contributed by atoms with van der Waals surface area (Å²) in [6, 6.07) is 11.4. The minimum absolute atomic E-state index is 0.0451. The third-order valence-electron chi connectivity index (χ3n) is 4.79. The van der Waals surface area contributed by atoms with Crippen molar-refractivity contribution in [3.05, 3.63) is 77.5 Å². The van der Waals surface area contributed by atoms with Crippen LogP contribution in [0.2, 0.25) is 5.02 Å². The first-order valence-corrected chi connectivity index (χ1v) is 11.5. The zero-order valence-electron chi connectivity index (χ0n) is 17.8. The number of rotatable bonds is 7. The van der Waals surface area contributed by atoms with Crippen LogP contribution in [-0.2, 0) is 10.0 Å². The van der Waals surface area contributed by atoms with E-state index in [1.807, 2.05) is 0 Å². The molecule has 0 aliphatic rings. The SMILES string of the molecule is COc1cc2nccc(Oc3ccc(NS(=O)(=O)c4ccc(Cl)cc4F)cc3F)c2cc1OC. The highest BCUT2D eigenvalue weighted by atomic mass is 35.5. The first-order chi connectivity index (χ1) is 16.2. The molecule has 0 radical (unpaired) electrons. The third-order valence-corrected chi connectivity index (χ3v) is 6.44. The van der Waals surface area contributed by atoms with Gasteiger partial charge in [-0.3, -0.25) is 9.71 Å². The fourth-order valence-electron chi connectivity index (χ4n) is 3.21. The van der Waals surface area contributed by atoms with Crippen LogP contribution in [0.1, 0.15) is 0 Å². The Kier molecular flexibility index (Phi) is 6.45. The Morgan fingerprint density at radius 1 is 0.853 bits per heavy atom. The molecule has 0 saturated heterocycles. The molecule has 176 valence electrons. The predicted octanol–water partition coefficient (Wildman–Crippen LogP) is 5.78. The number of ether oxygens (including phenoxy) is 3. The van der Waals surface area contributed by atoms with E-state index >= 15 is 0 Å². The average molecular weight is 507 g/mol. The van der Waals surface area contributed by atoms with Crippen LogP contribution in [0.5, 0.6) is 23.0 Å². The molecule has 4 aromatic rings. The lowest BCUT2D eigenvalue weighted by molar-refractivity contribution is 0.355. The molecule has 1 N–H and O–H groups in total. The van der Waals surface area contributed by atoms with Crippen molar-refractivity contribution >= 4 is 38.2 Å². The molecule has 7 nitrogen and oxygen atoms in total. The Morgan fingerprint density at radius 2 is 1.59 bits per heavy atom. The van der Waals surface area contributed by atoms with Gasteiger partial charge in [0, 0.05) is 28.7 Å². The highest BCUT2D eigenvalue weighted by Crippen LogP contribution is 2.37. The third kappa shape index (κ3) is 4.68. The van der Waals surface area contributed by atoms with Crippen molar-refractivity contribution in [3.8, 4) is 23.0 Å². The first kappa shape index (κ1) is 23.5. The summed E-state index contributed by atoms with van der Waals surface area (Å²) >= 11 is 5.66. The molecule has 3 aromatic carbocycles. The Bertz CT molecular complexity index is 1500. The second kappa shape index (κ2) is 9.32. The van der Waals surface area contributed by atoms with E-state index in [0.717, 1.165) is 18.2 Å². The molecule has 4 rings (SSSR count). The summed E-state index contributed by atoms with van der Waals surface area (Å²) in [5, 5.41) is 0.589. The lowest BCUT2D eigenvalue weighted by atomic mass is 10.2. The standard InChI is InChI=1S/C23H17ClF2N2O5S/c1-31-21-11-15-18(12-22(21)32-2)27-8-7-19(15)33-20-5-4-14(10-16(20)25)28-34(29,30)23-6-3-13(24)9-17(23)26/h3-12,28H,1-2H3. The summed E-state index contributed by atoms with van der Waals surface area (Å²) in [6.07, 6.45) is 1.49. The number of aromatic nitrogens is 1. The summed E-state index contributed by atoms with van der Waals surface area (Å²) in [5.74, 6) is -0.837. The van der Waals surface area contributed by atoms with E-state index in [4.69, 9.17) is 25.8 Å². The van der Waals surface area contributed by atoms with Gasteiger partial charge in [-0.25, -0.2) is 17.2 Å². The molecule has 0 amide bonds. The van der Waals surface area contributed by atoms with Gasteiger partial charge in [-0.1, -0.05) is 11.6 Å². The van der Waals surface area contributed by atoms with Gasteiger partial charge in [-0.2, -0.15) is 0 Å². The topological polar surface area (TPSA) is 86.8 Å². The molecule has 0 unspecified atom stereocenters. The van der Waals surface area contributed by atoms with E-state index < -0.39 is 26.6 Å². The van der Waals surface area contributed by atoms with Crippen molar-refractivity contribution in [2.24, 2.45) is 0 Å². The Labute approximate surface area is 198 Å². The number of hydrogen-bond donors (Lipinski definition) is 1. The normalized spacial score (nSPS) is 11.3. The van der Waals surface area contributed by atoms with Gasteiger partial charge < -0.3 is 14.2 Å². The second-order valence-electron chi connectivity index (χ2n) is 6.96. The number of anilines is 1. The second-order valence-corrected chi connectivity index (χ2v) is 9.05. The zero-order valence-corrected chi connectivity index (χ0v) is 19.4. The fraction of sp³-hybridized carbons (Fsp3) is 0.0870. The number of hydrogen-bond acceptors (Lipinski definition) is 6. The molecule has 34 heavy (non-hydrogen) atoms. The van der Waals surface area contributed by atoms with E-state index in [-0.39, 0.29) is 16.5 Å². The van der Waals surface area contributed by atoms with Gasteiger partial charge in [0.05, 0.1) is 25.4 Å². The van der Waals surface area contributed by atoms with Crippen LogP contribution >= 0.6 is 11.6 Å². The number of benzene rings is 3. The van der Waals surface area contributed by atoms with Gasteiger partial charge in [-0.05, 0) is 42.5 Å². The quantitative estimate of drug-likeness (QED) is 0.342. The van der Waals surface area contributed by atoms with Crippen LogP contribution < -0.4 is 18.9 Å². The van der Waals surface area contributed by atoms with E-state index in [1.165, 1.54) is 38.6 Å². The number of halogens is 3. The molecule has 0 atom stereocenters. The largest absolute Gasteiger partial charge is 0.493 e. The van der Waals surface area contributed by atoms with Crippen LogP contribution in [-0.4, -0.2) is 27.6 Å². The summed E-state index contributed by atoms with van der Waals surface area (Å²) in [4.78, 5) is 3.64. The maximum absolute atomic E-state index is 14.8. The minimum atomic E-state index is -4.32. The molecule has 1 aromatic heterocycles. The van der Waals surface area contributed by atoms with Gasteiger partial charge in [0.2, 0.25) is 0 Å². The highest BCUT2D eigenvalue weighted by Gasteiger charge is 2.20. The van der Waals surface area contributed by atoms with Crippen LogP contribution in [0.4, 0.5) is 14.5 Å². The van der Waals surface area contributed by atoms with Crippen molar-refractivity contribution in [2.45, 2.75) is 4.90 Å². The Hall–Kier alpha value is -3.63. The van der Waals surface area contributed by atoms with Crippen LogP contribution in [0.3, 0.4) is 0 Å². The molecule has 0 saturated carbocycles. The van der Waals surface area contributed by atoms with E-state index in [0.29, 0.717) is 28.2 Å². The molecule has 0 aliphatic heterocycles. The summed E-state index contributed by atoms with van der Waals surface area (Å²) < 4.78 is 72.3. The van der Waals surface area contributed by atoms with Crippen LogP contribution in [0, 0.1) is 11.6 Å². The van der Waals surface area contributed by atoms with E-state index in [2.05, 4.69) is 9.71 Å². The van der Waals surface area contributed by atoms with E-state index in [1.54, 1.807) is 18.2 Å². The molecule has 0 fully saturated rings. The van der Waals surface area contributed by atoms with Crippen molar-refractivity contribution < 1.29 is 31.4 Å². The minimum Gasteiger partial charge on any atom is -0.493 e. The Morgan fingerprint density at radius 3 is 2.26 bits per heavy atom.